The van der Waals surface area contributed by atoms with Crippen molar-refractivity contribution in [2.24, 2.45) is 5.92 Å². The summed E-state index contributed by atoms with van der Waals surface area (Å²) in [4.78, 5) is 14.9. The van der Waals surface area contributed by atoms with Gasteiger partial charge >= 0.3 is 0 Å². The lowest BCUT2D eigenvalue weighted by atomic mass is 9.96. The van der Waals surface area contributed by atoms with Gasteiger partial charge in [-0.05, 0) is 42.6 Å². The van der Waals surface area contributed by atoms with Gasteiger partial charge in [-0.15, -0.1) is 0 Å². The van der Waals surface area contributed by atoms with Crippen LogP contribution in [-0.2, 0) is 17.9 Å². The normalized spacial score (nSPS) is 18.3. The Morgan fingerprint density at radius 3 is 2.58 bits per heavy atom. The van der Waals surface area contributed by atoms with E-state index < -0.39 is 0 Å². The number of benzene rings is 2. The molecule has 1 aliphatic heterocycles. The summed E-state index contributed by atoms with van der Waals surface area (Å²) in [5.41, 5.74) is 2.44. The van der Waals surface area contributed by atoms with Gasteiger partial charge < -0.3 is 5.32 Å². The predicted octanol–water partition coefficient (Wildman–Crippen LogP) is 3.98. The summed E-state index contributed by atoms with van der Waals surface area (Å²) >= 11 is 3.47. The van der Waals surface area contributed by atoms with E-state index in [4.69, 9.17) is 0 Å². The molecular formula is C20H23BrN2O. The van der Waals surface area contributed by atoms with E-state index in [0.29, 0.717) is 6.54 Å². The molecule has 0 aliphatic carbocycles. The van der Waals surface area contributed by atoms with E-state index in [0.717, 1.165) is 42.5 Å². The predicted molar refractivity (Wildman–Crippen MR) is 100 cm³/mol. The Balaban J connectivity index is 1.51. The molecule has 0 radical (unpaired) electrons. The Morgan fingerprint density at radius 1 is 1.08 bits per heavy atom. The minimum Gasteiger partial charge on any atom is -0.352 e. The van der Waals surface area contributed by atoms with Crippen molar-refractivity contribution >= 4 is 21.8 Å². The first-order valence-electron chi connectivity index (χ1n) is 8.49. The van der Waals surface area contributed by atoms with Crippen LogP contribution in [0, 0.1) is 5.92 Å². The van der Waals surface area contributed by atoms with Gasteiger partial charge in [0.1, 0.15) is 0 Å². The third-order valence-electron chi connectivity index (χ3n) is 4.51. The van der Waals surface area contributed by atoms with Gasteiger partial charge in [-0.25, -0.2) is 0 Å². The van der Waals surface area contributed by atoms with Crippen molar-refractivity contribution in [3.63, 3.8) is 0 Å². The van der Waals surface area contributed by atoms with Crippen molar-refractivity contribution in [1.82, 2.24) is 10.2 Å². The lowest BCUT2D eigenvalue weighted by molar-refractivity contribution is -0.126. The van der Waals surface area contributed by atoms with Gasteiger partial charge in [0.2, 0.25) is 5.91 Å². The molecule has 0 saturated carbocycles. The summed E-state index contributed by atoms with van der Waals surface area (Å²) in [5.74, 6) is 0.275. The largest absolute Gasteiger partial charge is 0.352 e. The average Bonchev–Trinajstić information content (AvgIpc) is 2.63. The maximum absolute atomic E-state index is 12.5. The number of nitrogens with zero attached hydrogens (tertiary/aromatic N) is 1. The molecule has 24 heavy (non-hydrogen) atoms. The van der Waals surface area contributed by atoms with Crippen LogP contribution in [-0.4, -0.2) is 23.9 Å². The summed E-state index contributed by atoms with van der Waals surface area (Å²) in [6.45, 7) is 3.44. The molecule has 1 saturated heterocycles. The van der Waals surface area contributed by atoms with Gasteiger partial charge in [-0.3, -0.25) is 9.69 Å². The maximum atomic E-state index is 12.5. The second-order valence-electron chi connectivity index (χ2n) is 6.40. The van der Waals surface area contributed by atoms with Crippen molar-refractivity contribution in [3.8, 4) is 0 Å². The summed E-state index contributed by atoms with van der Waals surface area (Å²) in [7, 11) is 0. The van der Waals surface area contributed by atoms with Gasteiger partial charge in [0.15, 0.2) is 0 Å². The molecule has 3 nitrogen and oxygen atoms in total. The number of hydrogen-bond donors (Lipinski definition) is 1. The fraction of sp³-hybridized carbons (Fsp3) is 0.350. The van der Waals surface area contributed by atoms with Crippen LogP contribution in [0.5, 0.6) is 0 Å². The Morgan fingerprint density at radius 2 is 1.83 bits per heavy atom. The molecule has 1 heterocycles. The lowest BCUT2D eigenvalue weighted by Gasteiger charge is -2.32. The third kappa shape index (κ3) is 4.92. The standard InChI is InChI=1S/C20H23BrN2O/c21-19-10-8-17(9-11-19)14-23-12-4-7-18(15-23)20(24)22-13-16-5-2-1-3-6-16/h1-3,5-6,8-11,18H,4,7,12-15H2,(H,22,24). The molecule has 1 amide bonds. The van der Waals surface area contributed by atoms with E-state index in [1.807, 2.05) is 30.3 Å². The first-order chi connectivity index (χ1) is 11.7. The highest BCUT2D eigenvalue weighted by atomic mass is 79.9. The van der Waals surface area contributed by atoms with Crippen LogP contribution >= 0.6 is 15.9 Å². The molecular weight excluding hydrogens is 364 g/mol. The van der Waals surface area contributed by atoms with Crippen LogP contribution in [0.2, 0.25) is 0 Å². The van der Waals surface area contributed by atoms with Crippen molar-refractivity contribution in [3.05, 3.63) is 70.2 Å². The molecule has 2 aromatic rings. The molecule has 0 spiro atoms. The molecule has 0 aromatic heterocycles. The number of rotatable bonds is 5. The highest BCUT2D eigenvalue weighted by Gasteiger charge is 2.25. The maximum Gasteiger partial charge on any atom is 0.224 e. The number of carbonyl (C=O) groups is 1. The summed E-state index contributed by atoms with van der Waals surface area (Å²) in [6.07, 6.45) is 2.07. The highest BCUT2D eigenvalue weighted by molar-refractivity contribution is 9.10. The van der Waals surface area contributed by atoms with Gasteiger partial charge in [-0.1, -0.05) is 58.4 Å². The van der Waals surface area contributed by atoms with Crippen LogP contribution in [0.3, 0.4) is 0 Å². The Kier molecular flexibility index (Phi) is 6.05. The zero-order valence-corrected chi connectivity index (χ0v) is 15.3. The quantitative estimate of drug-likeness (QED) is 0.842. The molecule has 4 heteroatoms. The number of amides is 1. The molecule has 1 atom stereocenters. The van der Waals surface area contributed by atoms with E-state index in [9.17, 15) is 4.79 Å². The summed E-state index contributed by atoms with van der Waals surface area (Å²) in [5, 5.41) is 3.09. The SMILES string of the molecule is O=C(NCc1ccccc1)C1CCCN(Cc2ccc(Br)cc2)C1. The topological polar surface area (TPSA) is 32.3 Å². The van der Waals surface area contributed by atoms with Crippen LogP contribution in [0.4, 0.5) is 0 Å². The highest BCUT2D eigenvalue weighted by Crippen LogP contribution is 2.20. The molecule has 2 aromatic carbocycles. The third-order valence-corrected chi connectivity index (χ3v) is 5.03. The van der Waals surface area contributed by atoms with E-state index in [-0.39, 0.29) is 11.8 Å². The van der Waals surface area contributed by atoms with Crippen LogP contribution in [0.25, 0.3) is 0 Å². The molecule has 0 bridgehead atoms. The van der Waals surface area contributed by atoms with Crippen LogP contribution < -0.4 is 5.32 Å². The molecule has 1 fully saturated rings. The first kappa shape index (κ1) is 17.2. The van der Waals surface area contributed by atoms with Gasteiger partial charge in [0.05, 0.1) is 5.92 Å². The fourth-order valence-electron chi connectivity index (χ4n) is 3.19. The Hall–Kier alpha value is -1.65. The number of hydrogen-bond acceptors (Lipinski definition) is 2. The van der Waals surface area contributed by atoms with Gasteiger partial charge in [0.25, 0.3) is 0 Å². The second-order valence-corrected chi connectivity index (χ2v) is 7.32. The van der Waals surface area contributed by atoms with E-state index >= 15 is 0 Å². The number of likely N-dealkylation sites (tertiary alicyclic amines) is 1. The molecule has 1 N–H and O–H groups in total. The van der Waals surface area contributed by atoms with Crippen molar-refractivity contribution in [2.45, 2.75) is 25.9 Å². The molecule has 1 unspecified atom stereocenters. The number of halogens is 1. The Labute approximate surface area is 152 Å². The second kappa shape index (κ2) is 8.45. The van der Waals surface area contributed by atoms with Crippen LogP contribution in [0.1, 0.15) is 24.0 Å². The monoisotopic (exact) mass is 386 g/mol. The Bertz CT molecular complexity index is 657. The average molecular weight is 387 g/mol. The summed E-state index contributed by atoms with van der Waals surface area (Å²) < 4.78 is 1.10. The number of piperidine rings is 1. The van der Waals surface area contributed by atoms with Gasteiger partial charge in [0, 0.05) is 24.1 Å². The van der Waals surface area contributed by atoms with Crippen molar-refractivity contribution in [2.75, 3.05) is 13.1 Å². The zero-order chi connectivity index (χ0) is 16.8. The fourth-order valence-corrected chi connectivity index (χ4v) is 3.45. The first-order valence-corrected chi connectivity index (χ1v) is 9.28. The minimum atomic E-state index is 0.0953. The molecule has 1 aliphatic rings. The van der Waals surface area contributed by atoms with Gasteiger partial charge in [-0.2, -0.15) is 0 Å². The molecule has 126 valence electrons. The zero-order valence-electron chi connectivity index (χ0n) is 13.7. The lowest BCUT2D eigenvalue weighted by Crippen LogP contribution is -2.42. The number of carbonyl (C=O) groups excluding carboxylic acids is 1. The van der Waals surface area contributed by atoms with Crippen molar-refractivity contribution < 1.29 is 4.79 Å². The van der Waals surface area contributed by atoms with E-state index in [2.05, 4.69) is 50.4 Å². The number of nitrogens with one attached hydrogen (secondary N) is 1. The summed E-state index contributed by atoms with van der Waals surface area (Å²) in [6, 6.07) is 18.5. The van der Waals surface area contributed by atoms with Crippen LogP contribution in [0.15, 0.2) is 59.1 Å². The minimum absolute atomic E-state index is 0.0953. The van der Waals surface area contributed by atoms with E-state index in [1.54, 1.807) is 0 Å². The smallest absolute Gasteiger partial charge is 0.224 e. The van der Waals surface area contributed by atoms with E-state index in [1.165, 1.54) is 5.56 Å². The molecule has 3 rings (SSSR count). The van der Waals surface area contributed by atoms with Crippen molar-refractivity contribution in [1.29, 1.82) is 0 Å².